The van der Waals surface area contributed by atoms with E-state index in [1.165, 1.54) is 0 Å². The van der Waals surface area contributed by atoms with Crippen LogP contribution >= 0.6 is 0 Å². The Kier molecular flexibility index (Phi) is 2.63. The summed E-state index contributed by atoms with van der Waals surface area (Å²) in [5.41, 5.74) is 0. The summed E-state index contributed by atoms with van der Waals surface area (Å²) in [6, 6.07) is 0. The van der Waals surface area contributed by atoms with Crippen molar-refractivity contribution >= 4 is 12.7 Å². The molecule has 0 aliphatic heterocycles. The van der Waals surface area contributed by atoms with Crippen LogP contribution in [0.15, 0.2) is 4.99 Å². The van der Waals surface area contributed by atoms with Crippen molar-refractivity contribution in [2.75, 3.05) is 6.54 Å². The molecule has 11 heavy (non-hydrogen) atoms. The molecule has 0 heterocycles. The van der Waals surface area contributed by atoms with Gasteiger partial charge in [-0.3, -0.25) is 4.79 Å². The Bertz CT molecular complexity index is 167. The average Bonchev–Trinajstić information content (AvgIpc) is 2.37. The van der Waals surface area contributed by atoms with E-state index in [1.54, 1.807) is 0 Å². The summed E-state index contributed by atoms with van der Waals surface area (Å²) in [7, 11) is 0. The Morgan fingerprint density at radius 2 is 2.36 bits per heavy atom. The summed E-state index contributed by atoms with van der Waals surface area (Å²) in [5, 5.41) is 8.65. The minimum Gasteiger partial charge on any atom is -0.481 e. The van der Waals surface area contributed by atoms with Gasteiger partial charge in [-0.15, -0.1) is 0 Å². The largest absolute Gasteiger partial charge is 0.481 e. The highest BCUT2D eigenvalue weighted by Gasteiger charge is 2.28. The van der Waals surface area contributed by atoms with Crippen LogP contribution in [0.4, 0.5) is 0 Å². The van der Waals surface area contributed by atoms with Crippen LogP contribution in [0.1, 0.15) is 19.3 Å². The Balaban J connectivity index is 2.34. The van der Waals surface area contributed by atoms with E-state index in [-0.39, 0.29) is 5.92 Å². The third-order valence-electron chi connectivity index (χ3n) is 2.28. The van der Waals surface area contributed by atoms with Crippen molar-refractivity contribution in [3.05, 3.63) is 0 Å². The standard InChI is InChI=1S/C8H13NO2/c1-9-5-6-2-3-7(4-6)8(10)11/h6-7H,1-5H2,(H,10,11). The summed E-state index contributed by atoms with van der Waals surface area (Å²) in [5.74, 6) is -0.313. The van der Waals surface area contributed by atoms with Gasteiger partial charge in [-0.05, 0) is 31.9 Å². The Labute approximate surface area is 66.1 Å². The van der Waals surface area contributed by atoms with Crippen molar-refractivity contribution in [1.29, 1.82) is 0 Å². The van der Waals surface area contributed by atoms with Gasteiger partial charge in [0.1, 0.15) is 0 Å². The molecule has 1 saturated carbocycles. The first-order valence-electron chi connectivity index (χ1n) is 3.89. The van der Waals surface area contributed by atoms with E-state index in [1.807, 2.05) is 0 Å². The van der Waals surface area contributed by atoms with Gasteiger partial charge >= 0.3 is 5.97 Å². The number of aliphatic imine (C=N–C) groups is 1. The number of carboxylic acid groups (broad SMARTS) is 1. The first kappa shape index (κ1) is 8.24. The lowest BCUT2D eigenvalue weighted by Crippen LogP contribution is -2.10. The molecule has 0 radical (unpaired) electrons. The molecule has 1 N–H and O–H groups in total. The van der Waals surface area contributed by atoms with Crippen molar-refractivity contribution in [3.63, 3.8) is 0 Å². The van der Waals surface area contributed by atoms with Crippen LogP contribution in [0, 0.1) is 11.8 Å². The van der Waals surface area contributed by atoms with Gasteiger partial charge in [0.05, 0.1) is 5.92 Å². The van der Waals surface area contributed by atoms with Crippen molar-refractivity contribution in [2.24, 2.45) is 16.8 Å². The first-order chi connectivity index (χ1) is 5.24. The van der Waals surface area contributed by atoms with E-state index >= 15 is 0 Å². The van der Waals surface area contributed by atoms with Gasteiger partial charge in [0.2, 0.25) is 0 Å². The minimum absolute atomic E-state index is 0.123. The van der Waals surface area contributed by atoms with Gasteiger partial charge < -0.3 is 10.1 Å². The van der Waals surface area contributed by atoms with Gasteiger partial charge in [0.25, 0.3) is 0 Å². The number of aliphatic carboxylic acids is 1. The second kappa shape index (κ2) is 3.51. The maximum absolute atomic E-state index is 10.5. The normalized spacial score (nSPS) is 30.2. The summed E-state index contributed by atoms with van der Waals surface area (Å²) in [6.45, 7) is 4.12. The first-order valence-corrected chi connectivity index (χ1v) is 3.89. The molecule has 0 aromatic carbocycles. The number of hydrogen-bond donors (Lipinski definition) is 1. The quantitative estimate of drug-likeness (QED) is 0.622. The molecule has 1 rings (SSSR count). The molecule has 1 aliphatic carbocycles. The Morgan fingerprint density at radius 3 is 2.82 bits per heavy atom. The van der Waals surface area contributed by atoms with E-state index < -0.39 is 5.97 Å². The molecule has 3 nitrogen and oxygen atoms in total. The molecule has 2 unspecified atom stereocenters. The molecule has 0 saturated heterocycles. The molecule has 0 aromatic rings. The molecule has 62 valence electrons. The fourth-order valence-electron chi connectivity index (χ4n) is 1.65. The fraction of sp³-hybridized carbons (Fsp3) is 0.750. The smallest absolute Gasteiger partial charge is 0.306 e. The number of carboxylic acids is 1. The number of nitrogens with zero attached hydrogens (tertiary/aromatic N) is 1. The van der Waals surface area contributed by atoms with Crippen LogP contribution in [-0.2, 0) is 4.79 Å². The third-order valence-corrected chi connectivity index (χ3v) is 2.28. The van der Waals surface area contributed by atoms with Crippen molar-refractivity contribution < 1.29 is 9.90 Å². The maximum atomic E-state index is 10.5. The van der Waals surface area contributed by atoms with Crippen LogP contribution in [0.3, 0.4) is 0 Å². The summed E-state index contributed by atoms with van der Waals surface area (Å²) >= 11 is 0. The van der Waals surface area contributed by atoms with Crippen molar-refractivity contribution in [2.45, 2.75) is 19.3 Å². The van der Waals surface area contributed by atoms with Gasteiger partial charge in [0.15, 0.2) is 0 Å². The van der Waals surface area contributed by atoms with Gasteiger partial charge in [-0.2, -0.15) is 0 Å². The predicted molar refractivity (Wildman–Crippen MR) is 42.9 cm³/mol. The topological polar surface area (TPSA) is 49.7 Å². The minimum atomic E-state index is -0.656. The Morgan fingerprint density at radius 1 is 1.64 bits per heavy atom. The van der Waals surface area contributed by atoms with Gasteiger partial charge in [-0.25, -0.2) is 0 Å². The molecule has 1 fully saturated rings. The van der Waals surface area contributed by atoms with Crippen molar-refractivity contribution in [3.8, 4) is 0 Å². The fourth-order valence-corrected chi connectivity index (χ4v) is 1.65. The zero-order valence-electron chi connectivity index (χ0n) is 6.49. The second-order valence-electron chi connectivity index (χ2n) is 3.12. The lowest BCUT2D eigenvalue weighted by atomic mass is 10.1. The summed E-state index contributed by atoms with van der Waals surface area (Å²) in [6.07, 6.45) is 2.60. The molecule has 1 aliphatic rings. The lowest BCUT2D eigenvalue weighted by molar-refractivity contribution is -0.141. The number of carbonyl (C=O) groups is 1. The molecule has 0 aromatic heterocycles. The number of hydrogen-bond acceptors (Lipinski definition) is 2. The zero-order chi connectivity index (χ0) is 8.27. The molecular weight excluding hydrogens is 142 g/mol. The molecule has 0 amide bonds. The van der Waals surface area contributed by atoms with E-state index in [4.69, 9.17) is 5.11 Å². The van der Waals surface area contributed by atoms with E-state index in [2.05, 4.69) is 11.7 Å². The van der Waals surface area contributed by atoms with Crippen LogP contribution < -0.4 is 0 Å². The average molecular weight is 155 g/mol. The molecule has 0 spiro atoms. The molecule has 2 atom stereocenters. The van der Waals surface area contributed by atoms with Crippen LogP contribution in [0.2, 0.25) is 0 Å². The van der Waals surface area contributed by atoms with Crippen LogP contribution in [0.25, 0.3) is 0 Å². The third kappa shape index (κ3) is 2.03. The highest BCUT2D eigenvalue weighted by Crippen LogP contribution is 2.30. The summed E-state index contributed by atoms with van der Waals surface area (Å²) < 4.78 is 0. The molecule has 0 bridgehead atoms. The summed E-state index contributed by atoms with van der Waals surface area (Å²) in [4.78, 5) is 14.3. The van der Waals surface area contributed by atoms with Crippen LogP contribution in [-0.4, -0.2) is 24.3 Å². The molecule has 3 heteroatoms. The second-order valence-corrected chi connectivity index (χ2v) is 3.12. The van der Waals surface area contributed by atoms with Gasteiger partial charge in [-0.1, -0.05) is 0 Å². The highest BCUT2D eigenvalue weighted by atomic mass is 16.4. The SMILES string of the molecule is C=NCC1CCC(C(=O)O)C1. The molecular formula is C8H13NO2. The number of rotatable bonds is 3. The zero-order valence-corrected chi connectivity index (χ0v) is 6.49. The Hall–Kier alpha value is -0.860. The van der Waals surface area contributed by atoms with E-state index in [0.717, 1.165) is 25.8 Å². The van der Waals surface area contributed by atoms with Crippen LogP contribution in [0.5, 0.6) is 0 Å². The highest BCUT2D eigenvalue weighted by molar-refractivity contribution is 5.70. The maximum Gasteiger partial charge on any atom is 0.306 e. The van der Waals surface area contributed by atoms with Gasteiger partial charge in [0, 0.05) is 6.54 Å². The van der Waals surface area contributed by atoms with E-state index in [9.17, 15) is 4.79 Å². The lowest BCUT2D eigenvalue weighted by Gasteiger charge is -2.03. The monoisotopic (exact) mass is 155 g/mol. The van der Waals surface area contributed by atoms with E-state index in [0.29, 0.717) is 5.92 Å². The van der Waals surface area contributed by atoms with Crippen molar-refractivity contribution in [1.82, 2.24) is 0 Å². The predicted octanol–water partition coefficient (Wildman–Crippen LogP) is 1.19.